The summed E-state index contributed by atoms with van der Waals surface area (Å²) in [5.41, 5.74) is 2.59. The van der Waals surface area contributed by atoms with Gasteiger partial charge in [0.25, 0.3) is 0 Å². The van der Waals surface area contributed by atoms with Gasteiger partial charge in [0, 0.05) is 6.54 Å². The molecule has 1 aliphatic rings. The van der Waals surface area contributed by atoms with Gasteiger partial charge >= 0.3 is 0 Å². The van der Waals surface area contributed by atoms with Crippen LogP contribution in [0.25, 0.3) is 0 Å². The Kier molecular flexibility index (Phi) is 6.38. The zero-order valence-corrected chi connectivity index (χ0v) is 12.8. The van der Waals surface area contributed by atoms with E-state index in [4.69, 9.17) is 11.6 Å². The van der Waals surface area contributed by atoms with Gasteiger partial charge < -0.3 is 5.32 Å². The van der Waals surface area contributed by atoms with E-state index in [2.05, 4.69) is 29.6 Å². The molecule has 0 saturated heterocycles. The third-order valence-electron chi connectivity index (χ3n) is 4.17. The summed E-state index contributed by atoms with van der Waals surface area (Å²) in [5, 5.41) is 2.80. The van der Waals surface area contributed by atoms with Crippen molar-refractivity contribution in [3.8, 4) is 0 Å². The van der Waals surface area contributed by atoms with Crippen LogP contribution in [0.3, 0.4) is 0 Å². The summed E-state index contributed by atoms with van der Waals surface area (Å²) < 4.78 is 0. The molecule has 0 aliphatic heterocycles. The summed E-state index contributed by atoms with van der Waals surface area (Å²) in [4.78, 5) is 11.1. The summed E-state index contributed by atoms with van der Waals surface area (Å²) in [5.74, 6) is 0.637. The van der Waals surface area contributed by atoms with E-state index in [1.807, 2.05) is 0 Å². The number of alkyl halides is 1. The van der Waals surface area contributed by atoms with Gasteiger partial charge in [-0.2, -0.15) is 0 Å². The molecule has 1 N–H and O–H groups in total. The average molecular weight is 294 g/mol. The molecule has 0 atom stereocenters. The van der Waals surface area contributed by atoms with Gasteiger partial charge in [-0.15, -0.1) is 11.6 Å². The first-order valence-electron chi connectivity index (χ1n) is 7.71. The predicted molar refractivity (Wildman–Crippen MR) is 84.1 cm³/mol. The van der Waals surface area contributed by atoms with Gasteiger partial charge in [-0.3, -0.25) is 4.79 Å². The highest BCUT2D eigenvalue weighted by atomic mass is 35.5. The minimum absolute atomic E-state index is 0.0279. The van der Waals surface area contributed by atoms with E-state index >= 15 is 0 Å². The fourth-order valence-electron chi connectivity index (χ4n) is 2.95. The van der Waals surface area contributed by atoms with Gasteiger partial charge in [0.2, 0.25) is 5.91 Å². The summed E-state index contributed by atoms with van der Waals surface area (Å²) >= 11 is 5.46. The highest BCUT2D eigenvalue weighted by Gasteiger charge is 2.13. The maximum atomic E-state index is 11.1. The van der Waals surface area contributed by atoms with Crippen LogP contribution in [-0.2, 0) is 11.3 Å². The van der Waals surface area contributed by atoms with E-state index in [0.29, 0.717) is 6.54 Å². The van der Waals surface area contributed by atoms with Crippen molar-refractivity contribution >= 4 is 17.5 Å². The molecule has 110 valence electrons. The Bertz CT molecular complexity index is 408. The average Bonchev–Trinajstić information content (AvgIpc) is 2.45. The smallest absolute Gasteiger partial charge is 0.235 e. The van der Waals surface area contributed by atoms with Crippen LogP contribution in [0.5, 0.6) is 0 Å². The molecule has 1 saturated carbocycles. The van der Waals surface area contributed by atoms with Crippen LogP contribution in [0.1, 0.15) is 62.0 Å². The minimum Gasteiger partial charge on any atom is -0.351 e. The van der Waals surface area contributed by atoms with Gasteiger partial charge in [-0.1, -0.05) is 56.4 Å². The number of nitrogens with one attached hydrogen (secondary N) is 1. The Morgan fingerprint density at radius 2 is 1.65 bits per heavy atom. The fourth-order valence-corrected chi connectivity index (χ4v) is 3.04. The van der Waals surface area contributed by atoms with Gasteiger partial charge in [-0.25, -0.2) is 0 Å². The fraction of sp³-hybridized carbons (Fsp3) is 0.588. The molecule has 20 heavy (non-hydrogen) atoms. The molecule has 3 heteroatoms. The summed E-state index contributed by atoms with van der Waals surface area (Å²) in [6.07, 6.45) is 9.55. The molecule has 0 heterocycles. The van der Waals surface area contributed by atoms with Crippen LogP contribution in [-0.4, -0.2) is 11.8 Å². The van der Waals surface area contributed by atoms with Crippen LogP contribution in [0.2, 0.25) is 0 Å². The van der Waals surface area contributed by atoms with Gasteiger partial charge in [-0.05, 0) is 29.9 Å². The second-order valence-corrected chi connectivity index (χ2v) is 5.96. The van der Waals surface area contributed by atoms with Crippen LogP contribution in [0.4, 0.5) is 0 Å². The Balaban J connectivity index is 1.90. The first kappa shape index (κ1) is 15.4. The predicted octanol–water partition coefficient (Wildman–Crippen LogP) is 4.37. The molecule has 2 nitrogen and oxygen atoms in total. The molecule has 2 rings (SSSR count). The molecule has 1 aromatic carbocycles. The van der Waals surface area contributed by atoms with Crippen molar-refractivity contribution < 1.29 is 4.79 Å². The number of halogens is 1. The maximum Gasteiger partial charge on any atom is 0.235 e. The zero-order valence-electron chi connectivity index (χ0n) is 12.0. The minimum atomic E-state index is -0.115. The van der Waals surface area contributed by atoms with Crippen LogP contribution < -0.4 is 5.32 Å². The number of carbonyl (C=O) groups excluding carboxylic acids is 1. The lowest BCUT2D eigenvalue weighted by atomic mass is 9.86. The molecule has 0 bridgehead atoms. The lowest BCUT2D eigenvalue weighted by molar-refractivity contribution is -0.118. The van der Waals surface area contributed by atoms with Crippen molar-refractivity contribution in [3.05, 3.63) is 35.4 Å². The molecule has 0 radical (unpaired) electrons. The second-order valence-electron chi connectivity index (χ2n) is 5.69. The Labute approximate surface area is 126 Å². The molecular formula is C17H24ClNO. The van der Waals surface area contributed by atoms with Crippen molar-refractivity contribution in [2.24, 2.45) is 0 Å². The van der Waals surface area contributed by atoms with Gasteiger partial charge in [0.1, 0.15) is 5.88 Å². The number of amides is 1. The van der Waals surface area contributed by atoms with Crippen molar-refractivity contribution in [1.29, 1.82) is 0 Å². The first-order valence-corrected chi connectivity index (χ1v) is 8.24. The number of hydrogen-bond acceptors (Lipinski definition) is 1. The lowest BCUT2D eigenvalue weighted by Crippen LogP contribution is -2.23. The Morgan fingerprint density at radius 3 is 2.25 bits per heavy atom. The van der Waals surface area contributed by atoms with Crippen molar-refractivity contribution in [1.82, 2.24) is 5.32 Å². The van der Waals surface area contributed by atoms with Crippen molar-refractivity contribution in [3.63, 3.8) is 0 Å². The van der Waals surface area contributed by atoms with Gasteiger partial charge in [0.15, 0.2) is 0 Å². The van der Waals surface area contributed by atoms with E-state index in [-0.39, 0.29) is 11.8 Å². The van der Waals surface area contributed by atoms with Crippen molar-refractivity contribution in [2.75, 3.05) is 5.88 Å². The zero-order chi connectivity index (χ0) is 14.2. The Morgan fingerprint density at radius 1 is 1.05 bits per heavy atom. The number of carbonyl (C=O) groups is 1. The lowest BCUT2D eigenvalue weighted by Gasteiger charge is -2.20. The SMILES string of the molecule is O=C(CCl)NCc1ccc(C2CCCCCCC2)cc1. The van der Waals surface area contributed by atoms with Crippen LogP contribution in [0, 0.1) is 0 Å². The third kappa shape index (κ3) is 4.82. The van der Waals surface area contributed by atoms with Crippen LogP contribution >= 0.6 is 11.6 Å². The normalized spacial score (nSPS) is 17.2. The van der Waals surface area contributed by atoms with E-state index in [1.165, 1.54) is 50.5 Å². The summed E-state index contributed by atoms with van der Waals surface area (Å²) in [6, 6.07) is 8.72. The third-order valence-corrected chi connectivity index (χ3v) is 4.41. The standard InChI is InChI=1S/C17H24ClNO/c18-12-17(20)19-13-14-8-10-16(11-9-14)15-6-4-2-1-3-5-7-15/h8-11,15H,1-7,12-13H2,(H,19,20). The monoisotopic (exact) mass is 293 g/mol. The highest BCUT2D eigenvalue weighted by molar-refractivity contribution is 6.27. The molecule has 1 fully saturated rings. The van der Waals surface area contributed by atoms with Crippen molar-refractivity contribution in [2.45, 2.75) is 57.4 Å². The topological polar surface area (TPSA) is 29.1 Å². The van der Waals surface area contributed by atoms with Gasteiger partial charge in [0.05, 0.1) is 0 Å². The van der Waals surface area contributed by atoms with E-state index < -0.39 is 0 Å². The largest absolute Gasteiger partial charge is 0.351 e. The maximum absolute atomic E-state index is 11.1. The molecule has 1 amide bonds. The number of benzene rings is 1. The Hall–Kier alpha value is -1.02. The highest BCUT2D eigenvalue weighted by Crippen LogP contribution is 2.30. The molecule has 0 spiro atoms. The molecule has 0 aromatic heterocycles. The molecule has 1 aromatic rings. The molecule has 1 aliphatic carbocycles. The first-order chi connectivity index (χ1) is 9.79. The quantitative estimate of drug-likeness (QED) is 0.821. The summed E-state index contributed by atoms with van der Waals surface area (Å²) in [7, 11) is 0. The van der Waals surface area contributed by atoms with E-state index in [0.717, 1.165) is 11.5 Å². The van der Waals surface area contributed by atoms with Crippen LogP contribution in [0.15, 0.2) is 24.3 Å². The molecular weight excluding hydrogens is 270 g/mol. The second kappa shape index (κ2) is 8.31. The number of hydrogen-bond donors (Lipinski definition) is 1. The van der Waals surface area contributed by atoms with E-state index in [1.54, 1.807) is 0 Å². The van der Waals surface area contributed by atoms with E-state index in [9.17, 15) is 4.79 Å². The number of rotatable bonds is 4. The molecule has 0 unspecified atom stereocenters. The summed E-state index contributed by atoms with van der Waals surface area (Å²) in [6.45, 7) is 0.566.